The quantitative estimate of drug-likeness (QED) is 0.873. The highest BCUT2D eigenvalue weighted by Gasteiger charge is 2.28. The number of nitrogens with one attached hydrogen (secondary N) is 2. The van der Waals surface area contributed by atoms with E-state index in [4.69, 9.17) is 0 Å². The van der Waals surface area contributed by atoms with Crippen LogP contribution in [0.15, 0.2) is 36.4 Å². The molecule has 0 bridgehead atoms. The van der Waals surface area contributed by atoms with E-state index in [1.807, 2.05) is 25.1 Å². The minimum Gasteiger partial charge on any atom is -0.365 e. The summed E-state index contributed by atoms with van der Waals surface area (Å²) in [5.41, 5.74) is 1.94. The number of rotatable bonds is 4. The first-order valence-electron chi connectivity index (χ1n) is 7.60. The van der Waals surface area contributed by atoms with Crippen molar-refractivity contribution in [3.8, 4) is 0 Å². The third kappa shape index (κ3) is 4.08. The summed E-state index contributed by atoms with van der Waals surface area (Å²) in [7, 11) is -2.95. The molecule has 0 spiro atoms. The molecule has 1 unspecified atom stereocenters. The van der Waals surface area contributed by atoms with Crippen LogP contribution in [0.3, 0.4) is 0 Å². The molecule has 126 valence electrons. The van der Waals surface area contributed by atoms with Gasteiger partial charge in [-0.15, -0.1) is 10.2 Å². The van der Waals surface area contributed by atoms with E-state index in [-0.39, 0.29) is 29.1 Å². The first-order valence-corrected chi connectivity index (χ1v) is 9.42. The van der Waals surface area contributed by atoms with E-state index < -0.39 is 9.84 Å². The van der Waals surface area contributed by atoms with Crippen LogP contribution >= 0.6 is 0 Å². The Labute approximate surface area is 140 Å². The van der Waals surface area contributed by atoms with Gasteiger partial charge in [-0.05, 0) is 43.2 Å². The second-order valence-electron chi connectivity index (χ2n) is 5.87. The molecule has 0 saturated carbocycles. The lowest BCUT2D eigenvalue weighted by Gasteiger charge is -2.11. The molecule has 8 heteroatoms. The molecule has 1 aromatic heterocycles. The number of aryl methyl sites for hydroxylation is 1. The average Bonchev–Trinajstić information content (AvgIpc) is 2.87. The van der Waals surface area contributed by atoms with Crippen LogP contribution < -0.4 is 10.6 Å². The van der Waals surface area contributed by atoms with Crippen molar-refractivity contribution in [2.75, 3.05) is 22.1 Å². The monoisotopic (exact) mass is 346 g/mol. The van der Waals surface area contributed by atoms with Gasteiger partial charge in [-0.2, -0.15) is 0 Å². The topological polar surface area (TPSA) is 101 Å². The lowest BCUT2D eigenvalue weighted by molar-refractivity contribution is 0.102. The number of sulfone groups is 1. The Morgan fingerprint density at radius 2 is 2.04 bits per heavy atom. The van der Waals surface area contributed by atoms with Gasteiger partial charge in [0, 0.05) is 11.7 Å². The number of anilines is 2. The molecule has 1 amide bonds. The maximum Gasteiger partial charge on any atom is 0.276 e. The van der Waals surface area contributed by atoms with Crippen molar-refractivity contribution in [3.63, 3.8) is 0 Å². The van der Waals surface area contributed by atoms with Crippen LogP contribution in [0.1, 0.15) is 22.5 Å². The molecule has 0 radical (unpaired) electrons. The van der Waals surface area contributed by atoms with Gasteiger partial charge >= 0.3 is 0 Å². The van der Waals surface area contributed by atoms with Crippen LogP contribution in [0.2, 0.25) is 0 Å². The average molecular weight is 346 g/mol. The molecular weight excluding hydrogens is 328 g/mol. The van der Waals surface area contributed by atoms with Crippen LogP contribution in [0.4, 0.5) is 11.5 Å². The minimum atomic E-state index is -2.95. The number of hydrogen-bond donors (Lipinski definition) is 2. The lowest BCUT2D eigenvalue weighted by atomic mass is 10.2. The Balaban J connectivity index is 1.62. The minimum absolute atomic E-state index is 0.101. The van der Waals surface area contributed by atoms with Gasteiger partial charge in [0.1, 0.15) is 5.82 Å². The van der Waals surface area contributed by atoms with E-state index in [9.17, 15) is 13.2 Å². The summed E-state index contributed by atoms with van der Waals surface area (Å²) >= 11 is 0. The van der Waals surface area contributed by atoms with Crippen LogP contribution in [-0.4, -0.2) is 42.1 Å². The molecule has 2 N–H and O–H groups in total. The number of amides is 1. The zero-order valence-electron chi connectivity index (χ0n) is 13.2. The lowest BCUT2D eigenvalue weighted by Crippen LogP contribution is -2.22. The van der Waals surface area contributed by atoms with Gasteiger partial charge in [0.15, 0.2) is 15.5 Å². The molecule has 2 aromatic rings. The van der Waals surface area contributed by atoms with Crippen molar-refractivity contribution in [2.24, 2.45) is 0 Å². The fraction of sp³-hybridized carbons (Fsp3) is 0.312. The summed E-state index contributed by atoms with van der Waals surface area (Å²) in [6.45, 7) is 1.94. The van der Waals surface area contributed by atoms with E-state index >= 15 is 0 Å². The summed E-state index contributed by atoms with van der Waals surface area (Å²) < 4.78 is 22.9. The van der Waals surface area contributed by atoms with E-state index in [1.165, 1.54) is 0 Å². The highest BCUT2D eigenvalue weighted by molar-refractivity contribution is 7.91. The highest BCUT2D eigenvalue weighted by Crippen LogP contribution is 2.16. The normalized spacial score (nSPS) is 19.0. The molecule has 0 aliphatic carbocycles. The number of benzene rings is 1. The first kappa shape index (κ1) is 16.4. The Morgan fingerprint density at radius 1 is 1.21 bits per heavy atom. The van der Waals surface area contributed by atoms with Crippen LogP contribution in [0.25, 0.3) is 0 Å². The third-order valence-electron chi connectivity index (χ3n) is 3.76. The van der Waals surface area contributed by atoms with Crippen molar-refractivity contribution >= 4 is 27.2 Å². The fourth-order valence-corrected chi connectivity index (χ4v) is 4.24. The first-order chi connectivity index (χ1) is 11.4. The van der Waals surface area contributed by atoms with E-state index in [1.54, 1.807) is 18.2 Å². The molecule has 1 aromatic carbocycles. The predicted octanol–water partition coefficient (Wildman–Crippen LogP) is 1.64. The highest BCUT2D eigenvalue weighted by atomic mass is 32.2. The Hall–Kier alpha value is -2.48. The molecular formula is C16H18N4O3S. The molecule has 2 heterocycles. The third-order valence-corrected chi connectivity index (χ3v) is 5.53. The number of nitrogens with zero attached hydrogens (tertiary/aromatic N) is 2. The number of carbonyl (C=O) groups is 1. The predicted molar refractivity (Wildman–Crippen MR) is 91.8 cm³/mol. The molecule has 1 atom stereocenters. The van der Waals surface area contributed by atoms with Crippen molar-refractivity contribution in [1.29, 1.82) is 0 Å². The largest absolute Gasteiger partial charge is 0.365 e. The van der Waals surface area contributed by atoms with Crippen LogP contribution in [0.5, 0.6) is 0 Å². The van der Waals surface area contributed by atoms with Crippen molar-refractivity contribution in [2.45, 2.75) is 19.4 Å². The zero-order chi connectivity index (χ0) is 17.2. The zero-order valence-corrected chi connectivity index (χ0v) is 14.0. The summed E-state index contributed by atoms with van der Waals surface area (Å²) in [5.74, 6) is 0.409. The Bertz CT molecular complexity index is 850. The Morgan fingerprint density at radius 3 is 2.67 bits per heavy atom. The van der Waals surface area contributed by atoms with Gasteiger partial charge in [-0.3, -0.25) is 4.79 Å². The van der Waals surface area contributed by atoms with Crippen LogP contribution in [-0.2, 0) is 9.84 Å². The van der Waals surface area contributed by atoms with Gasteiger partial charge in [0.05, 0.1) is 11.5 Å². The Kier molecular flexibility index (Phi) is 4.48. The molecule has 24 heavy (non-hydrogen) atoms. The van der Waals surface area contributed by atoms with E-state index in [2.05, 4.69) is 20.8 Å². The summed E-state index contributed by atoms with van der Waals surface area (Å²) in [5, 5.41) is 13.7. The van der Waals surface area contributed by atoms with Crippen molar-refractivity contribution < 1.29 is 13.2 Å². The van der Waals surface area contributed by atoms with Crippen molar-refractivity contribution in [3.05, 3.63) is 47.7 Å². The standard InChI is InChI=1S/C16H18N4O3S/c1-11-3-2-4-12(9-11)18-16(21)14-5-6-15(20-19-14)17-13-7-8-24(22,23)10-13/h2-6,9,13H,7-8,10H2,1H3,(H,17,20)(H,18,21). The van der Waals surface area contributed by atoms with Gasteiger partial charge in [0.2, 0.25) is 0 Å². The van der Waals surface area contributed by atoms with Gasteiger partial charge in [-0.25, -0.2) is 8.42 Å². The fourth-order valence-electron chi connectivity index (χ4n) is 2.57. The number of carbonyl (C=O) groups excluding carboxylic acids is 1. The number of aromatic nitrogens is 2. The SMILES string of the molecule is Cc1cccc(NC(=O)c2ccc(NC3CCS(=O)(=O)C3)nn2)c1. The molecule has 7 nitrogen and oxygen atoms in total. The summed E-state index contributed by atoms with van der Waals surface area (Å²) in [4.78, 5) is 12.2. The summed E-state index contributed by atoms with van der Waals surface area (Å²) in [6.07, 6.45) is 0.555. The molecule has 3 rings (SSSR count). The van der Waals surface area contributed by atoms with Gasteiger partial charge in [0.25, 0.3) is 5.91 Å². The maximum atomic E-state index is 12.2. The van der Waals surface area contributed by atoms with Crippen LogP contribution in [0, 0.1) is 6.92 Å². The number of hydrogen-bond acceptors (Lipinski definition) is 6. The smallest absolute Gasteiger partial charge is 0.276 e. The van der Waals surface area contributed by atoms with Gasteiger partial charge < -0.3 is 10.6 Å². The van der Waals surface area contributed by atoms with E-state index in [0.717, 1.165) is 5.56 Å². The van der Waals surface area contributed by atoms with E-state index in [0.29, 0.717) is 17.9 Å². The van der Waals surface area contributed by atoms with Crippen molar-refractivity contribution in [1.82, 2.24) is 10.2 Å². The second-order valence-corrected chi connectivity index (χ2v) is 8.10. The second kappa shape index (κ2) is 6.56. The van der Waals surface area contributed by atoms with Gasteiger partial charge in [-0.1, -0.05) is 12.1 Å². The maximum absolute atomic E-state index is 12.2. The molecule has 1 fully saturated rings. The molecule has 1 aliphatic rings. The summed E-state index contributed by atoms with van der Waals surface area (Å²) in [6, 6.07) is 10.5. The molecule has 1 aliphatic heterocycles. The molecule has 1 saturated heterocycles.